The first kappa shape index (κ1) is 19.1. The molecular weight excluding hydrogens is 355 g/mol. The lowest BCUT2D eigenvalue weighted by atomic mass is 9.96. The van der Waals surface area contributed by atoms with E-state index in [1.807, 2.05) is 0 Å². The van der Waals surface area contributed by atoms with E-state index in [9.17, 15) is 9.18 Å². The van der Waals surface area contributed by atoms with E-state index < -0.39 is 11.8 Å². The van der Waals surface area contributed by atoms with E-state index in [4.69, 9.17) is 5.11 Å². The molecule has 0 bridgehead atoms. The largest absolute Gasteiger partial charge is 0.478 e. The number of carbonyl (C=O) groups is 1. The maximum Gasteiger partial charge on any atom is 0.335 e. The Kier molecular flexibility index (Phi) is 5.74. The van der Waals surface area contributed by atoms with Crippen molar-refractivity contribution < 1.29 is 14.3 Å². The summed E-state index contributed by atoms with van der Waals surface area (Å²) in [5.41, 5.74) is 2.01. The topological polar surface area (TPSA) is 52.6 Å². The predicted molar refractivity (Wildman–Crippen MR) is 107 cm³/mol. The Morgan fingerprint density at radius 1 is 1.14 bits per heavy atom. The van der Waals surface area contributed by atoms with E-state index in [0.29, 0.717) is 30.0 Å². The van der Waals surface area contributed by atoms with Crippen LogP contribution >= 0.6 is 0 Å². The predicted octanol–water partition coefficient (Wildman–Crippen LogP) is 3.88. The van der Waals surface area contributed by atoms with Gasteiger partial charge in [-0.25, -0.2) is 9.18 Å². The number of nitrogens with zero attached hydrogens (tertiary/aromatic N) is 1. The quantitative estimate of drug-likeness (QED) is 0.763. The molecule has 2 aliphatic rings. The summed E-state index contributed by atoms with van der Waals surface area (Å²) in [6.45, 7) is 3.52. The molecule has 1 saturated carbocycles. The van der Waals surface area contributed by atoms with Crippen LogP contribution in [0.5, 0.6) is 0 Å². The average Bonchev–Trinajstić information content (AvgIpc) is 3.49. The second-order valence-corrected chi connectivity index (χ2v) is 8.10. The van der Waals surface area contributed by atoms with Crippen LogP contribution in [-0.4, -0.2) is 41.7 Å². The maximum absolute atomic E-state index is 14.1. The maximum atomic E-state index is 14.1. The molecule has 1 saturated heterocycles. The first-order chi connectivity index (χ1) is 13.6. The van der Waals surface area contributed by atoms with Crippen LogP contribution in [0, 0.1) is 11.7 Å². The number of likely N-dealkylation sites (tertiary alicyclic amines) is 1. The van der Waals surface area contributed by atoms with Crippen molar-refractivity contribution in [3.8, 4) is 0 Å². The number of nitrogens with one attached hydrogen (secondary N) is 1. The van der Waals surface area contributed by atoms with Crippen molar-refractivity contribution in [2.75, 3.05) is 19.6 Å². The zero-order valence-electron chi connectivity index (χ0n) is 16.0. The van der Waals surface area contributed by atoms with Gasteiger partial charge in [0.2, 0.25) is 0 Å². The lowest BCUT2D eigenvalue weighted by molar-refractivity contribution is 0.0696. The van der Waals surface area contributed by atoms with Crippen molar-refractivity contribution in [3.63, 3.8) is 0 Å². The number of hydrogen-bond acceptors (Lipinski definition) is 3. The molecule has 0 radical (unpaired) electrons. The van der Waals surface area contributed by atoms with Crippen molar-refractivity contribution in [1.82, 2.24) is 10.2 Å². The fraction of sp³-hybridized carbons (Fsp3) is 0.435. The lowest BCUT2D eigenvalue weighted by Crippen LogP contribution is -2.37. The van der Waals surface area contributed by atoms with Gasteiger partial charge in [-0.3, -0.25) is 4.90 Å². The second-order valence-electron chi connectivity index (χ2n) is 8.10. The van der Waals surface area contributed by atoms with Crippen LogP contribution < -0.4 is 5.32 Å². The fourth-order valence-corrected chi connectivity index (χ4v) is 4.21. The highest BCUT2D eigenvalue weighted by Gasteiger charge is 2.38. The monoisotopic (exact) mass is 382 g/mol. The van der Waals surface area contributed by atoms with Gasteiger partial charge in [0.05, 0.1) is 5.56 Å². The Labute approximate surface area is 165 Å². The molecule has 0 amide bonds. The molecule has 2 aromatic carbocycles. The van der Waals surface area contributed by atoms with Gasteiger partial charge >= 0.3 is 5.97 Å². The summed E-state index contributed by atoms with van der Waals surface area (Å²) in [6, 6.07) is 15.5. The van der Waals surface area contributed by atoms with Crippen molar-refractivity contribution in [1.29, 1.82) is 0 Å². The van der Waals surface area contributed by atoms with Crippen LogP contribution in [0.2, 0.25) is 0 Å². The number of carboxylic acid groups (broad SMARTS) is 1. The van der Waals surface area contributed by atoms with E-state index >= 15 is 0 Å². The molecule has 5 heteroatoms. The van der Waals surface area contributed by atoms with Gasteiger partial charge in [0, 0.05) is 24.1 Å². The first-order valence-electron chi connectivity index (χ1n) is 10.1. The molecule has 0 aromatic heterocycles. The third-order valence-electron chi connectivity index (χ3n) is 6.09. The molecule has 1 unspecified atom stereocenters. The van der Waals surface area contributed by atoms with Crippen LogP contribution in [0.3, 0.4) is 0 Å². The van der Waals surface area contributed by atoms with Gasteiger partial charge in [0.15, 0.2) is 0 Å². The molecular formula is C23H27FN2O2. The second kappa shape index (κ2) is 8.41. The Balaban J connectivity index is 1.20. The van der Waals surface area contributed by atoms with Crippen LogP contribution in [0.15, 0.2) is 48.5 Å². The van der Waals surface area contributed by atoms with Gasteiger partial charge in [-0.2, -0.15) is 0 Å². The highest BCUT2D eigenvalue weighted by Crippen LogP contribution is 2.40. The Hall–Kier alpha value is -2.24. The molecule has 148 valence electrons. The third kappa shape index (κ3) is 4.59. The minimum atomic E-state index is -1.09. The average molecular weight is 382 g/mol. The molecule has 2 N–H and O–H groups in total. The molecule has 2 fully saturated rings. The molecule has 1 aliphatic heterocycles. The van der Waals surface area contributed by atoms with E-state index in [-0.39, 0.29) is 5.56 Å². The summed E-state index contributed by atoms with van der Waals surface area (Å²) in [6.07, 6.45) is 3.46. The fourth-order valence-electron chi connectivity index (χ4n) is 4.21. The Bertz CT molecular complexity index is 819. The van der Waals surface area contributed by atoms with E-state index in [0.717, 1.165) is 38.5 Å². The molecule has 4 nitrogen and oxygen atoms in total. The number of rotatable bonds is 7. The molecule has 2 aromatic rings. The zero-order valence-corrected chi connectivity index (χ0v) is 16.0. The smallest absolute Gasteiger partial charge is 0.335 e. The van der Waals surface area contributed by atoms with Gasteiger partial charge in [-0.05, 0) is 62.5 Å². The summed E-state index contributed by atoms with van der Waals surface area (Å²) in [5, 5.41) is 12.7. The molecule has 28 heavy (non-hydrogen) atoms. The molecule has 1 aliphatic carbocycles. The summed E-state index contributed by atoms with van der Waals surface area (Å²) in [5.74, 6) is -0.182. The van der Waals surface area contributed by atoms with Crippen molar-refractivity contribution in [2.24, 2.45) is 5.92 Å². The number of hydrogen-bond donors (Lipinski definition) is 2. The molecule has 0 spiro atoms. The van der Waals surface area contributed by atoms with Crippen molar-refractivity contribution in [3.05, 3.63) is 71.0 Å². The van der Waals surface area contributed by atoms with Gasteiger partial charge in [0.25, 0.3) is 0 Å². The Morgan fingerprint density at radius 3 is 2.57 bits per heavy atom. The van der Waals surface area contributed by atoms with Crippen LogP contribution in [-0.2, 0) is 6.54 Å². The van der Waals surface area contributed by atoms with Crippen molar-refractivity contribution >= 4 is 5.97 Å². The number of carboxylic acids is 1. The van der Waals surface area contributed by atoms with Gasteiger partial charge in [-0.15, -0.1) is 0 Å². The van der Waals surface area contributed by atoms with E-state index in [1.165, 1.54) is 18.1 Å². The van der Waals surface area contributed by atoms with Gasteiger partial charge in [-0.1, -0.05) is 36.4 Å². The first-order valence-corrected chi connectivity index (χ1v) is 10.1. The molecule has 4 rings (SSSR count). The minimum absolute atomic E-state index is 0.0000783. The molecule has 1 heterocycles. The third-order valence-corrected chi connectivity index (χ3v) is 6.09. The van der Waals surface area contributed by atoms with Gasteiger partial charge < -0.3 is 10.4 Å². The van der Waals surface area contributed by atoms with Crippen LogP contribution in [0.1, 0.15) is 46.7 Å². The number of aromatic carboxylic acids is 1. The summed E-state index contributed by atoms with van der Waals surface area (Å²) in [4.78, 5) is 13.2. The summed E-state index contributed by atoms with van der Waals surface area (Å²) in [7, 11) is 0. The highest BCUT2D eigenvalue weighted by atomic mass is 19.1. The van der Waals surface area contributed by atoms with E-state index in [1.54, 1.807) is 6.07 Å². The summed E-state index contributed by atoms with van der Waals surface area (Å²) < 4.78 is 14.1. The minimum Gasteiger partial charge on any atom is -0.478 e. The number of benzene rings is 2. The SMILES string of the molecule is O=C(O)c1ccc(CN2CCC(CNC3C[C@H]3c3ccccc3)CC2)c(F)c1. The number of halogens is 1. The van der Waals surface area contributed by atoms with Crippen LogP contribution in [0.4, 0.5) is 4.39 Å². The van der Waals surface area contributed by atoms with Crippen LogP contribution in [0.25, 0.3) is 0 Å². The number of piperidine rings is 1. The van der Waals surface area contributed by atoms with E-state index in [2.05, 4.69) is 40.5 Å². The Morgan fingerprint density at radius 2 is 1.89 bits per heavy atom. The zero-order chi connectivity index (χ0) is 19.5. The summed E-state index contributed by atoms with van der Waals surface area (Å²) >= 11 is 0. The standard InChI is InChI=1S/C23H27FN2O2/c24-21-12-18(23(27)28)6-7-19(21)15-26-10-8-16(9-11-26)14-25-22-13-20(22)17-4-2-1-3-5-17/h1-7,12,16,20,22,25H,8-11,13-15H2,(H,27,28)/t20-,22?/m0/s1. The van der Waals surface area contributed by atoms with Crippen molar-refractivity contribution in [2.45, 2.75) is 37.8 Å². The molecule has 2 atom stereocenters. The lowest BCUT2D eigenvalue weighted by Gasteiger charge is -2.32. The highest BCUT2D eigenvalue weighted by molar-refractivity contribution is 5.87. The normalized spacial score (nSPS) is 22.9. The van der Waals surface area contributed by atoms with Gasteiger partial charge in [0.1, 0.15) is 5.82 Å².